The number of Topliss-reactive ketones (excluding diaryl/α,β-unsaturated/α-hetero) is 2. The van der Waals surface area contributed by atoms with Crippen LogP contribution in [0.15, 0.2) is 72.3 Å². The van der Waals surface area contributed by atoms with Crippen molar-refractivity contribution >= 4 is 58.9 Å². The maximum absolute atomic E-state index is 17.9. The van der Waals surface area contributed by atoms with Gasteiger partial charge in [-0.25, -0.2) is 23.2 Å². The number of aliphatic hydroxyl groups excluding tert-OH is 1. The number of nitrogens with two attached hydrogens (primary N) is 1. The molecule has 15 atom stereocenters. The molecule has 26 heteroatoms. The van der Waals surface area contributed by atoms with E-state index < -0.39 is 119 Å². The Morgan fingerprint density at radius 3 is 2.11 bits per heavy atom. The first-order chi connectivity index (χ1) is 48.9. The van der Waals surface area contributed by atoms with Gasteiger partial charge in [0, 0.05) is 80.2 Å². The minimum absolute atomic E-state index is 0.0115. The number of esters is 2. The largest absolute Gasteiger partial charge is 0.465 e. The summed E-state index contributed by atoms with van der Waals surface area (Å²) in [6.07, 6.45) is 3.75. The van der Waals surface area contributed by atoms with Gasteiger partial charge >= 0.3 is 24.1 Å². The highest BCUT2D eigenvalue weighted by molar-refractivity contribution is 6.02. The number of allylic oxidation sites excluding steroid dienone is 4. The first-order valence-corrected chi connectivity index (χ1v) is 36.1. The van der Waals surface area contributed by atoms with Crippen molar-refractivity contribution in [1.29, 1.82) is 0 Å². The summed E-state index contributed by atoms with van der Waals surface area (Å²) < 4.78 is 85.9. The van der Waals surface area contributed by atoms with E-state index in [4.69, 9.17) is 48.4 Å². The minimum Gasteiger partial charge on any atom is -0.465 e. The zero-order chi connectivity index (χ0) is 73.2. The number of alkyl carbamates (subject to hydrolysis) is 1. The number of ketones is 3. The molecule has 24 nitrogen and oxygen atoms in total. The molecule has 4 saturated carbocycles. The van der Waals surface area contributed by atoms with Gasteiger partial charge in [0.15, 0.2) is 35.7 Å². The molecule has 558 valence electrons. The van der Waals surface area contributed by atoms with Crippen LogP contribution in [0.25, 0.3) is 0 Å². The second kappa shape index (κ2) is 36.3. The number of halogens is 2. The van der Waals surface area contributed by atoms with E-state index in [1.54, 1.807) is 57.2 Å². The number of ether oxygens (including phenoxy) is 9. The molecule has 7 N–H and O–H groups in total. The summed E-state index contributed by atoms with van der Waals surface area (Å²) in [5.41, 5.74) is -0.134. The molecule has 0 aromatic heterocycles. The molecule has 102 heavy (non-hydrogen) atoms. The Bertz CT molecular complexity index is 3400. The van der Waals surface area contributed by atoms with Crippen molar-refractivity contribution < 1.29 is 99.7 Å². The van der Waals surface area contributed by atoms with Gasteiger partial charge in [-0.1, -0.05) is 64.5 Å². The molecule has 1 saturated heterocycles. The highest BCUT2D eigenvalue weighted by atomic mass is 19.1. The van der Waals surface area contributed by atoms with Gasteiger partial charge in [0.2, 0.25) is 17.6 Å². The maximum atomic E-state index is 17.9. The van der Waals surface area contributed by atoms with E-state index in [2.05, 4.69) is 33.1 Å². The minimum atomic E-state index is -2.38. The summed E-state index contributed by atoms with van der Waals surface area (Å²) in [7, 11) is 0. The predicted molar refractivity (Wildman–Crippen MR) is 367 cm³/mol. The number of fused-ring (bicyclic) bond motifs is 8. The maximum Gasteiger partial charge on any atom is 0.407 e. The number of nitrogens with one attached hydrogen (secondary N) is 4. The quantitative estimate of drug-likeness (QED) is 0.0158. The summed E-state index contributed by atoms with van der Waals surface area (Å²) in [5, 5.41) is 22.7. The van der Waals surface area contributed by atoms with Crippen LogP contribution in [0, 0.1) is 64.1 Å². The molecule has 7 aliphatic rings. The van der Waals surface area contributed by atoms with Crippen LogP contribution in [0.4, 0.5) is 24.1 Å². The number of anilines is 1. The van der Waals surface area contributed by atoms with Gasteiger partial charge in [0.1, 0.15) is 12.8 Å². The highest BCUT2D eigenvalue weighted by Crippen LogP contribution is 2.72. The summed E-state index contributed by atoms with van der Waals surface area (Å²) in [6, 6.07) is 11.0. The number of alkyl halides is 2. The molecule has 2 unspecified atom stereocenters. The molecule has 0 bridgehead atoms. The van der Waals surface area contributed by atoms with Crippen LogP contribution < -0.4 is 27.0 Å². The van der Waals surface area contributed by atoms with Gasteiger partial charge in [-0.15, -0.1) is 11.8 Å². The van der Waals surface area contributed by atoms with Gasteiger partial charge in [0.25, 0.3) is 0 Å². The van der Waals surface area contributed by atoms with Crippen molar-refractivity contribution in [3.63, 3.8) is 0 Å². The zero-order valence-corrected chi connectivity index (χ0v) is 59.2. The molecule has 6 aliphatic carbocycles. The molecule has 5 fully saturated rings. The third-order valence-corrected chi connectivity index (χ3v) is 21.6. The average Bonchev–Trinajstić information content (AvgIpc) is 1.49. The number of carbonyl (C=O) groups is 9. The van der Waals surface area contributed by atoms with Gasteiger partial charge < -0.3 is 74.7 Å². The summed E-state index contributed by atoms with van der Waals surface area (Å²) in [5.74, 6) is 1.88. The molecule has 0 spiro atoms. The number of primary amides is 1. The fourth-order valence-electron chi connectivity index (χ4n) is 16.2. The lowest BCUT2D eigenvalue weighted by atomic mass is 9.44. The second-order valence-electron chi connectivity index (χ2n) is 28.6. The smallest absolute Gasteiger partial charge is 0.407 e. The molecule has 1 heterocycles. The van der Waals surface area contributed by atoms with Crippen molar-refractivity contribution in [2.24, 2.45) is 58.0 Å². The summed E-state index contributed by atoms with van der Waals surface area (Å²) in [6.45, 7) is 11.0. The van der Waals surface area contributed by atoms with E-state index in [9.17, 15) is 48.3 Å². The second-order valence-corrected chi connectivity index (χ2v) is 28.6. The first-order valence-electron chi connectivity index (χ1n) is 36.1. The lowest BCUT2D eigenvalue weighted by Crippen LogP contribution is -2.71. The van der Waals surface area contributed by atoms with Crippen molar-refractivity contribution in [2.45, 2.75) is 186 Å². The number of carbonyl (C=O) groups excluding carboxylic acids is 9. The van der Waals surface area contributed by atoms with Gasteiger partial charge in [-0.3, -0.25) is 28.8 Å². The summed E-state index contributed by atoms with van der Waals surface area (Å²) in [4.78, 5) is 118. The fourth-order valence-corrected chi connectivity index (χ4v) is 16.2. The van der Waals surface area contributed by atoms with E-state index in [0.717, 1.165) is 31.8 Å². The number of amides is 5. The SMILES string of the molecule is CCCC1O[C@@H]2C[C@H]3[C@@H]4C[C@H](F)C5=CC(=O)C=C[C@]5(C)[C@@]4(F)[C@@H](O)C[C@]3(C)[C@]2(C(=O)COC(=O)c2ccc(CNC(=O)OCc3ccc(NC(=O)[C@H](CCCNC(N)=O)CC(=O)[C@@H](NC(=O)CCOCCOCCOCCOCCCC(=O)OCC4[C@H]5CCC#CCC[C@@H]45)C(C)C)cc3)cc2)O1. The number of urea groups is 1. The van der Waals surface area contributed by atoms with Crippen LogP contribution in [0.3, 0.4) is 0 Å². The Balaban J connectivity index is 0.648. The number of aliphatic hydroxyl groups is 1. The van der Waals surface area contributed by atoms with Gasteiger partial charge in [-0.2, -0.15) is 0 Å². The lowest BCUT2D eigenvalue weighted by Gasteiger charge is -2.63. The van der Waals surface area contributed by atoms with Crippen molar-refractivity contribution in [1.82, 2.24) is 16.0 Å². The van der Waals surface area contributed by atoms with Crippen LogP contribution >= 0.6 is 0 Å². The van der Waals surface area contributed by atoms with Crippen LogP contribution in [-0.2, 0) is 84.6 Å². The van der Waals surface area contributed by atoms with E-state index >= 15 is 8.78 Å². The van der Waals surface area contributed by atoms with Crippen LogP contribution in [0.5, 0.6) is 0 Å². The van der Waals surface area contributed by atoms with Gasteiger partial charge in [-0.05, 0) is 147 Å². The van der Waals surface area contributed by atoms with E-state index in [-0.39, 0.29) is 107 Å². The van der Waals surface area contributed by atoms with Gasteiger partial charge in [0.05, 0.1) is 76.7 Å². The molecule has 1 aliphatic heterocycles. The summed E-state index contributed by atoms with van der Waals surface area (Å²) >= 11 is 0. The van der Waals surface area contributed by atoms with Crippen molar-refractivity contribution in [3.8, 4) is 11.8 Å². The van der Waals surface area contributed by atoms with Crippen LogP contribution in [-0.4, -0.2) is 173 Å². The predicted octanol–water partition coefficient (Wildman–Crippen LogP) is 8.37. The van der Waals surface area contributed by atoms with Crippen LogP contribution in [0.2, 0.25) is 0 Å². The Hall–Kier alpha value is -7.51. The van der Waals surface area contributed by atoms with Crippen LogP contribution in [0.1, 0.15) is 152 Å². The van der Waals surface area contributed by atoms with E-state index in [0.29, 0.717) is 106 Å². The highest BCUT2D eigenvalue weighted by Gasteiger charge is 2.80. The first kappa shape index (κ1) is 78.6. The molecular formula is C76H101F2N5O19. The average molecular weight is 1430 g/mol. The molecule has 9 rings (SSSR count). The van der Waals surface area contributed by atoms with Crippen molar-refractivity contribution in [2.75, 3.05) is 77.9 Å². The lowest BCUT2D eigenvalue weighted by molar-refractivity contribution is -0.234. The normalized spacial score (nSPS) is 28.5. The molecule has 5 amide bonds. The molecule has 2 aromatic rings. The Morgan fingerprint density at radius 1 is 0.794 bits per heavy atom. The number of hydrogen-bond donors (Lipinski definition) is 6. The number of benzene rings is 2. The standard InChI is InChI=1S/C76H101F2N5O19/c1-6-13-67-101-64-41-57-58-40-60(77)59-39-53(84)26-28-73(59,4)75(58,78)62(86)42-74(57,5)76(64,102-67)63(87)46-99-70(91)50-22-18-48(19-23-50)43-81-72(93)100-44-49-20-24-52(25-21-49)82-69(90)51(14-11-29-80-71(79)92)38-61(85)68(47(2)3)83-65(88)27-31-95-33-35-97-37-36-96-34-32-94-30-12-17-66(89)98-45-56-54-15-9-7-8-10-16-55(54)56/h18-26,28,39,47,51,54-58,60,62,64,67-68,86H,6,9-17,27,29-38,40-46H2,1-5H3,(H,81,93)(H,82,90)(H,83,88)(H3,79,80,92)/t51-,54-,55+,56?,57+,58+,60+,62+,64-,67?,68+,73+,74+,75+,76-/m1/s1. The third-order valence-electron chi connectivity index (χ3n) is 21.6. The van der Waals surface area contributed by atoms with E-state index in [1.807, 2.05) is 6.92 Å². The monoisotopic (exact) mass is 1430 g/mol. The topological polar surface area (TPSA) is 331 Å². The Morgan fingerprint density at radius 2 is 1.45 bits per heavy atom. The number of hydrogen-bond acceptors (Lipinski definition) is 19. The molecule has 2 aromatic carbocycles. The molecular weight excluding hydrogens is 1320 g/mol. The van der Waals surface area contributed by atoms with E-state index in [1.165, 1.54) is 31.2 Å². The third kappa shape index (κ3) is 19.1. The molecule has 0 radical (unpaired) electrons. The zero-order valence-electron chi connectivity index (χ0n) is 59.2. The number of rotatable bonds is 39. The Kier molecular flexibility index (Phi) is 28.0. The Labute approximate surface area is 595 Å². The van der Waals surface area contributed by atoms with Crippen molar-refractivity contribution in [3.05, 3.63) is 89.0 Å². The fraction of sp³-hybridized carbons (Fsp3) is 0.645.